The lowest BCUT2D eigenvalue weighted by atomic mass is 10.1. The second kappa shape index (κ2) is 5.15. The molecule has 2 rings (SSSR count). The van der Waals surface area contributed by atoms with Crippen molar-refractivity contribution >= 4 is 5.78 Å². The molecule has 0 spiro atoms. The molecule has 0 bridgehead atoms. The standard InChI is InChI=1S/C14H18N2O/c1-12(16-10-8-15(2)9-11-16)14(17)13-6-4-3-5-7-13/h3-7H,1,8-11H2,2H3. The molecule has 17 heavy (non-hydrogen) atoms. The van der Waals surface area contributed by atoms with Crippen LogP contribution in [0.15, 0.2) is 42.6 Å². The third-order valence-electron chi connectivity index (χ3n) is 3.18. The Bertz CT molecular complexity index is 405. The number of hydrogen-bond donors (Lipinski definition) is 0. The molecule has 3 nitrogen and oxygen atoms in total. The Morgan fingerprint density at radius 2 is 1.71 bits per heavy atom. The van der Waals surface area contributed by atoms with E-state index in [2.05, 4.69) is 23.4 Å². The highest BCUT2D eigenvalue weighted by Crippen LogP contribution is 2.13. The number of ketones is 1. The molecule has 1 aliphatic rings. The van der Waals surface area contributed by atoms with Gasteiger partial charge in [-0.05, 0) is 7.05 Å². The number of Topliss-reactive ketones (excluding diaryl/α,β-unsaturated/α-hetero) is 1. The van der Waals surface area contributed by atoms with Crippen LogP contribution in [0.4, 0.5) is 0 Å². The van der Waals surface area contributed by atoms with Crippen molar-refractivity contribution < 1.29 is 4.79 Å². The van der Waals surface area contributed by atoms with E-state index in [1.165, 1.54) is 0 Å². The smallest absolute Gasteiger partial charge is 0.208 e. The lowest BCUT2D eigenvalue weighted by molar-refractivity contribution is 0.0964. The summed E-state index contributed by atoms with van der Waals surface area (Å²) < 4.78 is 0. The Morgan fingerprint density at radius 3 is 2.29 bits per heavy atom. The molecule has 1 fully saturated rings. The molecule has 0 N–H and O–H groups in total. The van der Waals surface area contributed by atoms with Gasteiger partial charge in [-0.2, -0.15) is 0 Å². The summed E-state index contributed by atoms with van der Waals surface area (Å²) >= 11 is 0. The Balaban J connectivity index is 2.03. The van der Waals surface area contributed by atoms with Crippen molar-refractivity contribution in [2.75, 3.05) is 33.2 Å². The number of likely N-dealkylation sites (N-methyl/N-ethyl adjacent to an activating group) is 1. The molecule has 3 heteroatoms. The SMILES string of the molecule is C=C(C(=O)c1ccccc1)N1CCN(C)CC1. The average molecular weight is 230 g/mol. The van der Waals surface area contributed by atoms with Crippen molar-refractivity contribution in [1.82, 2.24) is 9.80 Å². The number of nitrogens with zero attached hydrogens (tertiary/aromatic N) is 2. The van der Waals surface area contributed by atoms with E-state index in [-0.39, 0.29) is 5.78 Å². The number of allylic oxidation sites excluding steroid dienone is 1. The van der Waals surface area contributed by atoms with Gasteiger partial charge in [0, 0.05) is 31.7 Å². The number of benzene rings is 1. The van der Waals surface area contributed by atoms with Gasteiger partial charge in [-0.15, -0.1) is 0 Å². The molecule has 0 aromatic heterocycles. The van der Waals surface area contributed by atoms with E-state index >= 15 is 0 Å². The number of carbonyl (C=O) groups is 1. The first-order valence-corrected chi connectivity index (χ1v) is 5.90. The van der Waals surface area contributed by atoms with Crippen LogP contribution < -0.4 is 0 Å². The summed E-state index contributed by atoms with van der Waals surface area (Å²) in [7, 11) is 2.10. The van der Waals surface area contributed by atoms with Gasteiger partial charge >= 0.3 is 0 Å². The van der Waals surface area contributed by atoms with E-state index in [1.807, 2.05) is 30.3 Å². The van der Waals surface area contributed by atoms with Crippen LogP contribution in [0.1, 0.15) is 10.4 Å². The largest absolute Gasteiger partial charge is 0.366 e. The highest BCUT2D eigenvalue weighted by molar-refractivity contribution is 6.07. The van der Waals surface area contributed by atoms with Gasteiger partial charge in [0.2, 0.25) is 5.78 Å². The maximum atomic E-state index is 12.2. The van der Waals surface area contributed by atoms with Gasteiger partial charge in [-0.3, -0.25) is 4.79 Å². The van der Waals surface area contributed by atoms with Gasteiger partial charge in [0.25, 0.3) is 0 Å². The second-order valence-corrected chi connectivity index (χ2v) is 4.43. The molecule has 0 saturated carbocycles. The molecule has 0 atom stereocenters. The van der Waals surface area contributed by atoms with Gasteiger partial charge < -0.3 is 9.80 Å². The fraction of sp³-hybridized carbons (Fsp3) is 0.357. The maximum Gasteiger partial charge on any atom is 0.208 e. The first-order chi connectivity index (χ1) is 8.18. The summed E-state index contributed by atoms with van der Waals surface area (Å²) in [6.45, 7) is 7.68. The molecule has 0 amide bonds. The predicted molar refractivity (Wildman–Crippen MR) is 69.0 cm³/mol. The van der Waals surface area contributed by atoms with Crippen LogP contribution in [0.3, 0.4) is 0 Å². The van der Waals surface area contributed by atoms with Gasteiger partial charge in [0.15, 0.2) is 0 Å². The molecular formula is C14H18N2O. The van der Waals surface area contributed by atoms with Crippen molar-refractivity contribution in [3.63, 3.8) is 0 Å². The highest BCUT2D eigenvalue weighted by Gasteiger charge is 2.20. The summed E-state index contributed by atoms with van der Waals surface area (Å²) in [5.74, 6) is 0.0372. The minimum Gasteiger partial charge on any atom is -0.366 e. The number of piperazine rings is 1. The maximum absolute atomic E-state index is 12.2. The zero-order chi connectivity index (χ0) is 12.3. The zero-order valence-electron chi connectivity index (χ0n) is 10.2. The molecule has 1 aromatic carbocycles. The highest BCUT2D eigenvalue weighted by atomic mass is 16.1. The lowest BCUT2D eigenvalue weighted by Crippen LogP contribution is -2.44. The Hall–Kier alpha value is -1.61. The van der Waals surface area contributed by atoms with Gasteiger partial charge in [-0.25, -0.2) is 0 Å². The zero-order valence-corrected chi connectivity index (χ0v) is 10.2. The van der Waals surface area contributed by atoms with E-state index in [4.69, 9.17) is 0 Å². The van der Waals surface area contributed by atoms with Gasteiger partial charge in [-0.1, -0.05) is 36.9 Å². The summed E-state index contributed by atoms with van der Waals surface area (Å²) in [6.07, 6.45) is 0. The van der Waals surface area contributed by atoms with E-state index < -0.39 is 0 Å². The molecule has 0 unspecified atom stereocenters. The summed E-state index contributed by atoms with van der Waals surface area (Å²) in [6, 6.07) is 9.34. The predicted octanol–water partition coefficient (Wildman–Crippen LogP) is 1.63. The van der Waals surface area contributed by atoms with Crippen LogP contribution in [0.5, 0.6) is 0 Å². The summed E-state index contributed by atoms with van der Waals surface area (Å²) in [5.41, 5.74) is 1.33. The first kappa shape index (κ1) is 11.9. The molecule has 1 heterocycles. The number of carbonyl (C=O) groups excluding carboxylic acids is 1. The molecule has 1 saturated heterocycles. The van der Waals surface area contributed by atoms with Gasteiger partial charge in [0.1, 0.15) is 0 Å². The van der Waals surface area contributed by atoms with Crippen LogP contribution in [0.2, 0.25) is 0 Å². The minimum absolute atomic E-state index is 0.0372. The van der Waals surface area contributed by atoms with Crippen molar-refractivity contribution in [3.8, 4) is 0 Å². The van der Waals surface area contributed by atoms with Crippen molar-refractivity contribution in [2.24, 2.45) is 0 Å². The fourth-order valence-electron chi connectivity index (χ4n) is 1.98. The molecule has 1 aliphatic heterocycles. The molecule has 0 aliphatic carbocycles. The second-order valence-electron chi connectivity index (χ2n) is 4.43. The Kier molecular flexibility index (Phi) is 3.59. The third kappa shape index (κ3) is 2.74. The monoisotopic (exact) mass is 230 g/mol. The van der Waals surface area contributed by atoms with E-state index in [9.17, 15) is 4.79 Å². The first-order valence-electron chi connectivity index (χ1n) is 5.90. The van der Waals surface area contributed by atoms with E-state index in [1.54, 1.807) is 0 Å². The molecule has 90 valence electrons. The Morgan fingerprint density at radius 1 is 1.12 bits per heavy atom. The third-order valence-corrected chi connectivity index (χ3v) is 3.18. The molecule has 1 aromatic rings. The van der Waals surface area contributed by atoms with Crippen molar-refractivity contribution in [3.05, 3.63) is 48.2 Å². The van der Waals surface area contributed by atoms with Crippen LogP contribution in [0.25, 0.3) is 0 Å². The molecular weight excluding hydrogens is 212 g/mol. The molecule has 0 radical (unpaired) electrons. The van der Waals surface area contributed by atoms with Crippen LogP contribution in [0, 0.1) is 0 Å². The van der Waals surface area contributed by atoms with Crippen molar-refractivity contribution in [2.45, 2.75) is 0 Å². The fourth-order valence-corrected chi connectivity index (χ4v) is 1.98. The summed E-state index contributed by atoms with van der Waals surface area (Å²) in [5, 5.41) is 0. The van der Waals surface area contributed by atoms with E-state index in [0.29, 0.717) is 5.70 Å². The van der Waals surface area contributed by atoms with Crippen molar-refractivity contribution in [1.29, 1.82) is 0 Å². The topological polar surface area (TPSA) is 23.6 Å². The minimum atomic E-state index is 0.0372. The van der Waals surface area contributed by atoms with Crippen LogP contribution >= 0.6 is 0 Å². The van der Waals surface area contributed by atoms with E-state index in [0.717, 1.165) is 31.7 Å². The summed E-state index contributed by atoms with van der Waals surface area (Å²) in [4.78, 5) is 16.5. The average Bonchev–Trinajstić information content (AvgIpc) is 2.39. The number of hydrogen-bond acceptors (Lipinski definition) is 3. The quantitative estimate of drug-likeness (QED) is 0.582. The van der Waals surface area contributed by atoms with Crippen LogP contribution in [-0.4, -0.2) is 48.8 Å². The van der Waals surface area contributed by atoms with Crippen LogP contribution in [-0.2, 0) is 0 Å². The lowest BCUT2D eigenvalue weighted by Gasteiger charge is -2.34. The normalized spacial score (nSPS) is 16.9. The Labute approximate surface area is 102 Å². The van der Waals surface area contributed by atoms with Gasteiger partial charge in [0.05, 0.1) is 5.70 Å². The number of rotatable bonds is 3.